The van der Waals surface area contributed by atoms with Gasteiger partial charge < -0.3 is 9.47 Å². The quantitative estimate of drug-likeness (QED) is 0.642. The van der Waals surface area contributed by atoms with Crippen molar-refractivity contribution < 1.29 is 13.2 Å². The van der Waals surface area contributed by atoms with Gasteiger partial charge in [-0.2, -0.15) is 0 Å². The van der Waals surface area contributed by atoms with E-state index in [1.165, 1.54) is 19.3 Å². The molecule has 0 bridgehead atoms. The average Bonchev–Trinajstić information content (AvgIpc) is 3.15. The van der Waals surface area contributed by atoms with E-state index in [1.807, 2.05) is 27.8 Å². The predicted octanol–water partition coefficient (Wildman–Crippen LogP) is 5.24. The first-order valence-corrected chi connectivity index (χ1v) is 13.9. The zero-order chi connectivity index (χ0) is 25.2. The Kier molecular flexibility index (Phi) is 6.05. The van der Waals surface area contributed by atoms with E-state index in [4.69, 9.17) is 5.14 Å². The van der Waals surface area contributed by atoms with Crippen LogP contribution in [0.25, 0.3) is 11.3 Å². The summed E-state index contributed by atoms with van der Waals surface area (Å²) in [6, 6.07) is 5.96. The van der Waals surface area contributed by atoms with Crippen molar-refractivity contribution in [1.29, 1.82) is 0 Å². The number of likely N-dealkylation sites (N-methyl/N-ethyl adjacent to an activating group) is 1. The number of hydrogen-bond donors (Lipinski definition) is 1. The highest BCUT2D eigenvalue weighted by atomic mass is 32.2. The van der Waals surface area contributed by atoms with Crippen LogP contribution in [-0.2, 0) is 32.2 Å². The number of nitrogens with two attached hydrogens (primary N) is 1. The third-order valence-electron chi connectivity index (χ3n) is 7.85. The van der Waals surface area contributed by atoms with E-state index in [1.54, 1.807) is 11.0 Å². The molecule has 1 saturated carbocycles. The first kappa shape index (κ1) is 25.0. The van der Waals surface area contributed by atoms with Gasteiger partial charge in [0.25, 0.3) is 0 Å². The molecule has 2 heterocycles. The van der Waals surface area contributed by atoms with E-state index < -0.39 is 15.4 Å². The second-order valence-corrected chi connectivity index (χ2v) is 13.3. The van der Waals surface area contributed by atoms with Gasteiger partial charge in [-0.3, -0.25) is 4.79 Å². The minimum absolute atomic E-state index is 0.0733. The van der Waals surface area contributed by atoms with Crippen molar-refractivity contribution >= 4 is 21.6 Å². The van der Waals surface area contributed by atoms with Crippen molar-refractivity contribution in [2.24, 2.45) is 11.1 Å². The minimum atomic E-state index is -3.86. The van der Waals surface area contributed by atoms with E-state index in [2.05, 4.69) is 37.5 Å². The van der Waals surface area contributed by atoms with Gasteiger partial charge in [0.2, 0.25) is 15.9 Å². The first-order valence-electron chi connectivity index (χ1n) is 12.3. The van der Waals surface area contributed by atoms with Gasteiger partial charge in [-0.25, -0.2) is 13.6 Å². The molecule has 2 aliphatic rings. The maximum atomic E-state index is 13.2. The van der Waals surface area contributed by atoms with E-state index in [0.29, 0.717) is 11.6 Å². The Labute approximate surface area is 204 Å². The number of aromatic nitrogens is 1. The summed E-state index contributed by atoms with van der Waals surface area (Å²) in [4.78, 5) is 15.1. The number of anilines is 1. The lowest BCUT2D eigenvalue weighted by Crippen LogP contribution is -2.33. The molecule has 1 amide bonds. The van der Waals surface area contributed by atoms with Gasteiger partial charge >= 0.3 is 0 Å². The Morgan fingerprint density at radius 2 is 1.71 bits per heavy atom. The predicted molar refractivity (Wildman–Crippen MR) is 138 cm³/mol. The summed E-state index contributed by atoms with van der Waals surface area (Å²) in [5.41, 5.74) is 4.68. The minimum Gasteiger partial charge on any atom is -0.343 e. The van der Waals surface area contributed by atoms with Crippen LogP contribution < -0.4 is 10.0 Å². The number of amides is 1. The second kappa shape index (κ2) is 8.23. The van der Waals surface area contributed by atoms with Crippen LogP contribution >= 0.6 is 0 Å². The number of primary sulfonamides is 1. The Morgan fingerprint density at radius 3 is 2.26 bits per heavy atom. The fraction of sp³-hybridized carbons (Fsp3) is 0.593. The molecule has 1 aromatic carbocycles. The zero-order valence-electron chi connectivity index (χ0n) is 21.7. The third kappa shape index (κ3) is 4.11. The summed E-state index contributed by atoms with van der Waals surface area (Å²) in [7, 11) is -2.01. The highest BCUT2D eigenvalue weighted by molar-refractivity contribution is 7.89. The SMILES string of the molecule is Cc1c(S(N)(=O)=O)cc(-c2cc(C(C)(C)C)c3c(c2)C(C)(C)C(=O)N3C)n1CC1CCCCC1. The van der Waals surface area contributed by atoms with E-state index in [0.717, 1.165) is 47.5 Å². The summed E-state index contributed by atoms with van der Waals surface area (Å²) in [6.07, 6.45) is 6.03. The van der Waals surface area contributed by atoms with Crippen LogP contribution in [0.1, 0.15) is 83.5 Å². The Hall–Kier alpha value is -2.12. The zero-order valence-corrected chi connectivity index (χ0v) is 22.5. The second-order valence-electron chi connectivity index (χ2n) is 11.8. The van der Waals surface area contributed by atoms with Crippen LogP contribution in [0.3, 0.4) is 0 Å². The van der Waals surface area contributed by atoms with E-state index in [9.17, 15) is 13.2 Å². The molecule has 1 aliphatic heterocycles. The smallest absolute Gasteiger partial charge is 0.239 e. The van der Waals surface area contributed by atoms with Crippen LogP contribution in [0, 0.1) is 12.8 Å². The number of fused-ring (bicyclic) bond motifs is 1. The van der Waals surface area contributed by atoms with Crippen LogP contribution in [0.2, 0.25) is 0 Å². The van der Waals surface area contributed by atoms with Gasteiger partial charge in [0.1, 0.15) is 4.90 Å². The van der Waals surface area contributed by atoms with Crippen molar-refractivity contribution in [3.8, 4) is 11.3 Å². The summed E-state index contributed by atoms with van der Waals surface area (Å²) < 4.78 is 27.1. The largest absolute Gasteiger partial charge is 0.343 e. The van der Waals surface area contributed by atoms with Crippen LogP contribution in [0.15, 0.2) is 23.1 Å². The highest BCUT2D eigenvalue weighted by Crippen LogP contribution is 2.48. The molecule has 0 unspecified atom stereocenters. The fourth-order valence-electron chi connectivity index (χ4n) is 5.84. The summed E-state index contributed by atoms with van der Waals surface area (Å²) in [5, 5.41) is 5.63. The molecule has 0 atom stereocenters. The number of carbonyl (C=O) groups is 1. The Morgan fingerprint density at radius 1 is 1.09 bits per heavy atom. The van der Waals surface area contributed by atoms with Crippen molar-refractivity contribution in [1.82, 2.24) is 4.57 Å². The summed E-state index contributed by atoms with van der Waals surface area (Å²) in [6.45, 7) is 13.0. The molecule has 1 fully saturated rings. The topological polar surface area (TPSA) is 85.4 Å². The van der Waals surface area contributed by atoms with Crippen molar-refractivity contribution in [2.75, 3.05) is 11.9 Å². The van der Waals surface area contributed by atoms with Gasteiger partial charge in [-0.15, -0.1) is 0 Å². The molecule has 6 nitrogen and oxygen atoms in total. The lowest BCUT2D eigenvalue weighted by Gasteiger charge is -2.28. The monoisotopic (exact) mass is 485 g/mol. The van der Waals surface area contributed by atoms with Gasteiger partial charge in [0.15, 0.2) is 0 Å². The molecular weight excluding hydrogens is 446 g/mol. The van der Waals surface area contributed by atoms with Crippen molar-refractivity contribution in [3.05, 3.63) is 35.0 Å². The molecule has 1 aliphatic carbocycles. The normalized spacial score (nSPS) is 19.1. The molecule has 0 saturated heterocycles. The van der Waals surface area contributed by atoms with Gasteiger partial charge in [-0.1, -0.05) is 40.0 Å². The highest BCUT2D eigenvalue weighted by Gasteiger charge is 2.45. The van der Waals surface area contributed by atoms with Crippen molar-refractivity contribution in [3.63, 3.8) is 0 Å². The van der Waals surface area contributed by atoms with Crippen molar-refractivity contribution in [2.45, 2.75) is 95.9 Å². The molecule has 1 aromatic heterocycles. The van der Waals surface area contributed by atoms with E-state index in [-0.39, 0.29) is 16.2 Å². The maximum absolute atomic E-state index is 13.2. The molecular formula is C27H39N3O3S. The molecule has 0 spiro atoms. The fourth-order valence-corrected chi connectivity index (χ4v) is 6.64. The Bertz CT molecular complexity index is 1240. The Balaban J connectivity index is 1.98. The lowest BCUT2D eigenvalue weighted by molar-refractivity contribution is -0.121. The number of benzene rings is 1. The van der Waals surface area contributed by atoms with Crippen LogP contribution in [-0.4, -0.2) is 25.9 Å². The van der Waals surface area contributed by atoms with E-state index >= 15 is 0 Å². The maximum Gasteiger partial charge on any atom is 0.239 e. The van der Waals surface area contributed by atoms with Gasteiger partial charge in [0.05, 0.1) is 11.1 Å². The molecule has 2 N–H and O–H groups in total. The number of carbonyl (C=O) groups excluding carboxylic acids is 1. The third-order valence-corrected chi connectivity index (χ3v) is 8.88. The number of nitrogens with zero attached hydrogens (tertiary/aromatic N) is 2. The molecule has 186 valence electrons. The summed E-state index contributed by atoms with van der Waals surface area (Å²) >= 11 is 0. The lowest BCUT2D eigenvalue weighted by atomic mass is 9.79. The molecule has 2 aromatic rings. The number of hydrogen-bond acceptors (Lipinski definition) is 3. The van der Waals surface area contributed by atoms with Gasteiger partial charge in [-0.05, 0) is 79.8 Å². The standard InChI is InChI=1S/C27H39N3O3S/c1-17-23(34(28,32)33)15-22(30(17)16-18-11-9-8-10-12-18)19-13-20(26(2,3)4)24-21(14-19)27(5,6)25(31)29(24)7/h13-15,18H,8-12,16H2,1-7H3,(H2,28,32,33). The molecule has 34 heavy (non-hydrogen) atoms. The van der Waals surface area contributed by atoms with Gasteiger partial charge in [0, 0.05) is 25.0 Å². The number of rotatable bonds is 4. The molecule has 7 heteroatoms. The van der Waals surface area contributed by atoms with Crippen LogP contribution in [0.5, 0.6) is 0 Å². The van der Waals surface area contributed by atoms with Crippen LogP contribution in [0.4, 0.5) is 5.69 Å². The average molecular weight is 486 g/mol. The number of sulfonamides is 1. The molecule has 0 radical (unpaired) electrons. The summed E-state index contributed by atoms with van der Waals surface area (Å²) in [5.74, 6) is 0.594. The first-order chi connectivity index (χ1) is 15.6. The molecule has 4 rings (SSSR count).